The van der Waals surface area contributed by atoms with Gasteiger partial charge in [-0.15, -0.1) is 0 Å². The number of nitrogens with one attached hydrogen (secondary N) is 1. The minimum absolute atomic E-state index is 0.0892. The molecule has 176 valence electrons. The lowest BCUT2D eigenvalue weighted by Crippen LogP contribution is -2.29. The predicted molar refractivity (Wildman–Crippen MR) is 130 cm³/mol. The standard InChI is InChI=1S/C27H24N4O4/c1-3-14-35-21-9-8-18(15-22(21)34-2)26-23-24(19-6-4-5-7-20(19)32)29-30-25(23)27(33)31(26)16-17-10-12-28-13-11-17/h3-13,15,26,32H,1,14,16H2,2H3,(H,29,30)/t26-/m1/s1. The number of rotatable bonds is 8. The Balaban J connectivity index is 1.65. The van der Waals surface area contributed by atoms with Gasteiger partial charge in [0.2, 0.25) is 0 Å². The van der Waals surface area contributed by atoms with Gasteiger partial charge in [0.15, 0.2) is 11.5 Å². The molecule has 0 aliphatic carbocycles. The van der Waals surface area contributed by atoms with Crippen LogP contribution in [0.1, 0.15) is 33.2 Å². The van der Waals surface area contributed by atoms with Crippen LogP contribution in [-0.4, -0.2) is 44.8 Å². The van der Waals surface area contributed by atoms with E-state index in [1.165, 1.54) is 0 Å². The summed E-state index contributed by atoms with van der Waals surface area (Å²) in [4.78, 5) is 19.4. The fourth-order valence-electron chi connectivity index (χ4n) is 4.39. The van der Waals surface area contributed by atoms with Crippen LogP contribution >= 0.6 is 0 Å². The third kappa shape index (κ3) is 3.99. The van der Waals surface area contributed by atoms with Crippen molar-refractivity contribution in [1.82, 2.24) is 20.1 Å². The van der Waals surface area contributed by atoms with E-state index in [0.717, 1.165) is 11.1 Å². The van der Waals surface area contributed by atoms with E-state index in [2.05, 4.69) is 21.8 Å². The molecule has 0 fully saturated rings. The lowest BCUT2D eigenvalue weighted by atomic mass is 9.95. The van der Waals surface area contributed by atoms with Crippen LogP contribution in [0.5, 0.6) is 17.2 Å². The van der Waals surface area contributed by atoms with Crippen molar-refractivity contribution in [2.24, 2.45) is 0 Å². The minimum Gasteiger partial charge on any atom is -0.507 e. The number of fused-ring (bicyclic) bond motifs is 1. The van der Waals surface area contributed by atoms with Gasteiger partial charge in [0, 0.05) is 30.1 Å². The van der Waals surface area contributed by atoms with Gasteiger partial charge in [-0.05, 0) is 47.5 Å². The number of nitrogens with zero attached hydrogens (tertiary/aromatic N) is 3. The normalized spacial score (nSPS) is 14.6. The molecule has 0 radical (unpaired) electrons. The monoisotopic (exact) mass is 468 g/mol. The topological polar surface area (TPSA) is 101 Å². The summed E-state index contributed by atoms with van der Waals surface area (Å²) in [6, 6.07) is 15.9. The number of benzene rings is 2. The third-order valence-electron chi connectivity index (χ3n) is 5.99. The summed E-state index contributed by atoms with van der Waals surface area (Å²) in [6.07, 6.45) is 5.07. The van der Waals surface area contributed by atoms with Gasteiger partial charge in [-0.25, -0.2) is 0 Å². The molecular formula is C27H24N4O4. The first-order valence-corrected chi connectivity index (χ1v) is 11.1. The molecule has 3 heterocycles. The maximum absolute atomic E-state index is 13.6. The molecule has 1 aliphatic rings. The van der Waals surface area contributed by atoms with Gasteiger partial charge in [0.25, 0.3) is 5.91 Å². The molecule has 2 aromatic carbocycles. The number of pyridine rings is 1. The van der Waals surface area contributed by atoms with Crippen molar-refractivity contribution in [3.8, 4) is 28.5 Å². The van der Waals surface area contributed by atoms with Crippen LogP contribution in [0.15, 0.2) is 79.6 Å². The van der Waals surface area contributed by atoms with E-state index in [-0.39, 0.29) is 11.7 Å². The second-order valence-electron chi connectivity index (χ2n) is 8.08. The lowest BCUT2D eigenvalue weighted by Gasteiger charge is -2.27. The molecule has 1 amide bonds. The van der Waals surface area contributed by atoms with Gasteiger partial charge >= 0.3 is 0 Å². The Morgan fingerprint density at radius 3 is 2.69 bits per heavy atom. The Morgan fingerprint density at radius 2 is 1.94 bits per heavy atom. The molecule has 2 N–H and O–H groups in total. The molecule has 8 heteroatoms. The number of aromatic hydroxyl groups is 1. The highest BCUT2D eigenvalue weighted by Crippen LogP contribution is 2.46. The minimum atomic E-state index is -0.471. The second kappa shape index (κ2) is 9.34. The van der Waals surface area contributed by atoms with E-state index in [4.69, 9.17) is 9.47 Å². The number of aromatic nitrogens is 3. The van der Waals surface area contributed by atoms with Crippen LogP contribution in [0.2, 0.25) is 0 Å². The second-order valence-corrected chi connectivity index (χ2v) is 8.08. The van der Waals surface area contributed by atoms with Gasteiger partial charge in [-0.2, -0.15) is 5.10 Å². The number of amides is 1. The third-order valence-corrected chi connectivity index (χ3v) is 5.99. The molecule has 8 nitrogen and oxygen atoms in total. The van der Waals surface area contributed by atoms with Crippen molar-refractivity contribution in [1.29, 1.82) is 0 Å². The van der Waals surface area contributed by atoms with Crippen molar-refractivity contribution >= 4 is 5.91 Å². The number of methoxy groups -OCH3 is 1. The van der Waals surface area contributed by atoms with Crippen molar-refractivity contribution in [3.05, 3.63) is 102 Å². The zero-order chi connectivity index (χ0) is 24.4. The number of ether oxygens (including phenoxy) is 2. The van der Waals surface area contributed by atoms with Crippen LogP contribution in [-0.2, 0) is 6.54 Å². The van der Waals surface area contributed by atoms with Gasteiger partial charge in [0.05, 0.1) is 13.2 Å². The zero-order valence-corrected chi connectivity index (χ0v) is 19.1. The Morgan fingerprint density at radius 1 is 1.14 bits per heavy atom. The fraction of sp³-hybridized carbons (Fsp3) is 0.148. The Labute approximate surface area is 202 Å². The first-order valence-electron chi connectivity index (χ1n) is 11.1. The summed E-state index contributed by atoms with van der Waals surface area (Å²) in [5, 5.41) is 17.9. The van der Waals surface area contributed by atoms with Gasteiger partial charge < -0.3 is 19.5 Å². The molecule has 1 aliphatic heterocycles. The maximum Gasteiger partial charge on any atom is 0.273 e. The van der Waals surface area contributed by atoms with Crippen LogP contribution in [0, 0.1) is 0 Å². The van der Waals surface area contributed by atoms with E-state index in [1.54, 1.807) is 48.7 Å². The van der Waals surface area contributed by atoms with Crippen molar-refractivity contribution < 1.29 is 19.4 Å². The molecule has 4 aromatic rings. The van der Waals surface area contributed by atoms with Crippen molar-refractivity contribution in [3.63, 3.8) is 0 Å². The Bertz CT molecular complexity index is 1380. The summed E-state index contributed by atoms with van der Waals surface area (Å²) in [6.45, 7) is 4.40. The van der Waals surface area contributed by atoms with Gasteiger partial charge in [-0.3, -0.25) is 14.9 Å². The summed E-state index contributed by atoms with van der Waals surface area (Å²) in [7, 11) is 1.57. The summed E-state index contributed by atoms with van der Waals surface area (Å²) >= 11 is 0. The smallest absolute Gasteiger partial charge is 0.273 e. The Hall–Kier alpha value is -4.59. The SMILES string of the molecule is C=CCOc1ccc([C@@H]2c3c(-c4ccccc4O)n[nH]c3C(=O)N2Cc2ccncc2)cc1OC. The van der Waals surface area contributed by atoms with E-state index in [1.807, 2.05) is 36.4 Å². The number of carbonyl (C=O) groups is 1. The molecule has 35 heavy (non-hydrogen) atoms. The highest BCUT2D eigenvalue weighted by molar-refractivity contribution is 6.00. The van der Waals surface area contributed by atoms with E-state index < -0.39 is 6.04 Å². The highest BCUT2D eigenvalue weighted by Gasteiger charge is 2.42. The van der Waals surface area contributed by atoms with Crippen LogP contribution < -0.4 is 9.47 Å². The highest BCUT2D eigenvalue weighted by atomic mass is 16.5. The van der Waals surface area contributed by atoms with Crippen LogP contribution in [0.25, 0.3) is 11.3 Å². The predicted octanol–water partition coefficient (Wildman–Crippen LogP) is 4.50. The summed E-state index contributed by atoms with van der Waals surface area (Å²) < 4.78 is 11.3. The molecule has 0 unspecified atom stereocenters. The first-order chi connectivity index (χ1) is 17.1. The molecule has 1 atom stereocenters. The van der Waals surface area contributed by atoms with E-state index in [0.29, 0.717) is 47.2 Å². The first kappa shape index (κ1) is 22.2. The lowest BCUT2D eigenvalue weighted by molar-refractivity contribution is 0.0730. The quantitative estimate of drug-likeness (QED) is 0.370. The van der Waals surface area contributed by atoms with Crippen molar-refractivity contribution in [2.75, 3.05) is 13.7 Å². The average Bonchev–Trinajstić information content (AvgIpc) is 3.42. The summed E-state index contributed by atoms with van der Waals surface area (Å²) in [5.41, 5.74) is 3.94. The zero-order valence-electron chi connectivity index (χ0n) is 19.1. The molecule has 5 rings (SSSR count). The van der Waals surface area contributed by atoms with Gasteiger partial charge in [0.1, 0.15) is 23.7 Å². The molecule has 0 saturated carbocycles. The number of phenols is 1. The van der Waals surface area contributed by atoms with Crippen LogP contribution in [0.3, 0.4) is 0 Å². The van der Waals surface area contributed by atoms with E-state index in [9.17, 15) is 9.90 Å². The number of aromatic amines is 1. The molecule has 0 saturated heterocycles. The average molecular weight is 469 g/mol. The number of para-hydroxylation sites is 1. The maximum atomic E-state index is 13.6. The molecule has 0 spiro atoms. The molecular weight excluding hydrogens is 444 g/mol. The van der Waals surface area contributed by atoms with Crippen LogP contribution in [0.4, 0.5) is 0 Å². The summed E-state index contributed by atoms with van der Waals surface area (Å²) in [5.74, 6) is 1.03. The van der Waals surface area contributed by atoms with Gasteiger partial charge in [-0.1, -0.05) is 30.9 Å². The van der Waals surface area contributed by atoms with E-state index >= 15 is 0 Å². The molecule has 0 bridgehead atoms. The number of H-pyrrole nitrogens is 1. The largest absolute Gasteiger partial charge is 0.507 e. The molecule has 2 aromatic heterocycles. The Kier molecular flexibility index (Phi) is 5.93. The number of carbonyl (C=O) groups excluding carboxylic acids is 1. The number of phenolic OH excluding ortho intramolecular Hbond substituents is 1. The van der Waals surface area contributed by atoms with Crippen molar-refractivity contribution in [2.45, 2.75) is 12.6 Å². The fourth-order valence-corrected chi connectivity index (χ4v) is 4.39. The number of hydrogen-bond donors (Lipinski definition) is 2. The number of hydrogen-bond acceptors (Lipinski definition) is 6.